The number of hydrogen-bond donors (Lipinski definition) is 0. The summed E-state index contributed by atoms with van der Waals surface area (Å²) in [5.41, 5.74) is 2.01. The van der Waals surface area contributed by atoms with Crippen molar-refractivity contribution in [2.45, 2.75) is 39.7 Å². The molecule has 78 valence electrons. The van der Waals surface area contributed by atoms with E-state index in [9.17, 15) is 0 Å². The van der Waals surface area contributed by atoms with E-state index < -0.39 is 7.55 Å². The lowest BCUT2D eigenvalue weighted by Crippen LogP contribution is -2.47. The van der Waals surface area contributed by atoms with Crippen molar-refractivity contribution >= 4 is 18.6 Å². The third-order valence-electron chi connectivity index (χ3n) is 2.48. The van der Waals surface area contributed by atoms with Crippen LogP contribution in [0.1, 0.15) is 33.6 Å². The number of hydrogen-bond acceptors (Lipinski definition) is 1. The molecule has 0 aromatic heterocycles. The number of unbranched alkanes of at least 4 members (excludes halogenated alkanes) is 1. The fraction of sp³-hybridized carbons (Fsp3) is 0.800. The van der Waals surface area contributed by atoms with Crippen LogP contribution < -0.4 is 0 Å². The third-order valence-corrected chi connectivity index (χ3v) is 7.59. The lowest BCUT2D eigenvalue weighted by Gasteiger charge is -2.33. The summed E-state index contributed by atoms with van der Waals surface area (Å²) in [6.07, 6.45) is 2.44. The van der Waals surface area contributed by atoms with Gasteiger partial charge in [0.05, 0.1) is 0 Å². The molecule has 0 saturated carbocycles. The summed E-state index contributed by atoms with van der Waals surface area (Å²) >= 11 is 6.62. The molecular formula is C10H22ClNSi. The van der Waals surface area contributed by atoms with Crippen molar-refractivity contribution < 1.29 is 0 Å². The molecule has 1 atom stereocenters. The molecule has 0 bridgehead atoms. The summed E-state index contributed by atoms with van der Waals surface area (Å²) in [6, 6.07) is 1.14. The fourth-order valence-corrected chi connectivity index (χ4v) is 5.36. The van der Waals surface area contributed by atoms with Gasteiger partial charge in [-0.15, -0.1) is 17.7 Å². The van der Waals surface area contributed by atoms with Crippen LogP contribution in [-0.4, -0.2) is 25.2 Å². The Morgan fingerprint density at radius 1 is 1.31 bits per heavy atom. The van der Waals surface area contributed by atoms with Crippen LogP contribution in [0.25, 0.3) is 0 Å². The maximum atomic E-state index is 6.62. The molecule has 0 amide bonds. The van der Waals surface area contributed by atoms with Gasteiger partial charge >= 0.3 is 0 Å². The van der Waals surface area contributed by atoms with Gasteiger partial charge in [0, 0.05) is 0 Å². The van der Waals surface area contributed by atoms with E-state index in [2.05, 4.69) is 31.9 Å². The lowest BCUT2D eigenvalue weighted by atomic mass is 10.4. The minimum Gasteiger partial charge on any atom is -0.309 e. The van der Waals surface area contributed by atoms with Gasteiger partial charge in [-0.1, -0.05) is 39.3 Å². The Hall–Kier alpha value is 0.207. The molecule has 0 spiro atoms. The fourth-order valence-electron chi connectivity index (χ4n) is 1.56. The zero-order valence-electron chi connectivity index (χ0n) is 9.15. The largest absolute Gasteiger partial charge is 0.309 e. The van der Waals surface area contributed by atoms with Crippen LogP contribution in [0.5, 0.6) is 0 Å². The second-order valence-corrected chi connectivity index (χ2v) is 8.44. The van der Waals surface area contributed by atoms with Crippen LogP contribution in [0.15, 0.2) is 12.3 Å². The second kappa shape index (κ2) is 6.63. The van der Waals surface area contributed by atoms with Gasteiger partial charge in [-0.05, 0) is 19.1 Å². The van der Waals surface area contributed by atoms with Gasteiger partial charge in [0.1, 0.15) is 0 Å². The Morgan fingerprint density at radius 2 is 1.85 bits per heavy atom. The van der Waals surface area contributed by atoms with E-state index in [1.165, 1.54) is 12.8 Å². The van der Waals surface area contributed by atoms with E-state index in [4.69, 9.17) is 11.1 Å². The minimum atomic E-state index is -1.80. The molecule has 1 nitrogen and oxygen atoms in total. The van der Waals surface area contributed by atoms with Gasteiger partial charge in [-0.3, -0.25) is 0 Å². The summed E-state index contributed by atoms with van der Waals surface area (Å²) in [7, 11) is -1.80. The molecule has 0 N–H and O–H groups in total. The van der Waals surface area contributed by atoms with Crippen molar-refractivity contribution in [3.05, 3.63) is 12.3 Å². The molecule has 1 unspecified atom stereocenters. The number of rotatable bonds is 7. The van der Waals surface area contributed by atoms with Crippen LogP contribution in [-0.2, 0) is 0 Å². The molecule has 0 aliphatic heterocycles. The first-order chi connectivity index (χ1) is 6.14. The van der Waals surface area contributed by atoms with Crippen LogP contribution in [0, 0.1) is 0 Å². The van der Waals surface area contributed by atoms with Gasteiger partial charge in [0.15, 0.2) is 0 Å². The molecule has 0 rings (SSSR count). The average Bonchev–Trinajstić information content (AvgIpc) is 2.16. The zero-order valence-corrected chi connectivity index (χ0v) is 10.9. The van der Waals surface area contributed by atoms with Crippen molar-refractivity contribution in [2.24, 2.45) is 0 Å². The van der Waals surface area contributed by atoms with Crippen molar-refractivity contribution in [3.63, 3.8) is 0 Å². The number of halogens is 1. The molecule has 0 aliphatic carbocycles. The Bertz CT molecular complexity index is 148. The zero-order chi connectivity index (χ0) is 10.3. The minimum absolute atomic E-state index is 1.04. The van der Waals surface area contributed by atoms with E-state index in [0.717, 1.165) is 19.1 Å². The molecule has 0 saturated heterocycles. The summed E-state index contributed by atoms with van der Waals surface area (Å²) in [4.78, 5) is 0. The molecule has 0 aromatic rings. The van der Waals surface area contributed by atoms with Crippen molar-refractivity contribution in [1.82, 2.24) is 4.57 Å². The molecule has 0 radical (unpaired) electrons. The normalized spacial score (nSPS) is 15.8. The van der Waals surface area contributed by atoms with E-state index in [0.29, 0.717) is 0 Å². The summed E-state index contributed by atoms with van der Waals surface area (Å²) in [5.74, 6) is 0. The first kappa shape index (κ1) is 13.2. The van der Waals surface area contributed by atoms with Gasteiger partial charge < -0.3 is 4.57 Å². The monoisotopic (exact) mass is 219 g/mol. The van der Waals surface area contributed by atoms with Gasteiger partial charge in [0.25, 0.3) is 7.55 Å². The Morgan fingerprint density at radius 3 is 2.15 bits per heavy atom. The Balaban J connectivity index is 4.30. The van der Waals surface area contributed by atoms with Crippen LogP contribution in [0.3, 0.4) is 0 Å². The highest BCUT2D eigenvalue weighted by Crippen LogP contribution is 2.23. The predicted octanol–water partition coefficient (Wildman–Crippen LogP) is 3.53. The van der Waals surface area contributed by atoms with E-state index in [1.807, 2.05) is 5.70 Å². The summed E-state index contributed by atoms with van der Waals surface area (Å²) in [6.45, 7) is 12.5. The Kier molecular flexibility index (Phi) is 6.74. The van der Waals surface area contributed by atoms with Gasteiger partial charge in [-0.2, -0.15) is 0 Å². The first-order valence-electron chi connectivity index (χ1n) is 5.22. The molecule has 0 fully saturated rings. The van der Waals surface area contributed by atoms with Crippen LogP contribution in [0.2, 0.25) is 6.04 Å². The SMILES string of the molecule is C=C[Si](Cl)(CCCC)N(CC)CC. The standard InChI is InChI=1S/C10H22ClNSi/c1-5-9-10-13(11,8-4)12(6-2)7-3/h8H,4-7,9-10H2,1-3H3. The predicted molar refractivity (Wildman–Crippen MR) is 64.4 cm³/mol. The second-order valence-electron chi connectivity index (χ2n) is 3.30. The lowest BCUT2D eigenvalue weighted by molar-refractivity contribution is 0.475. The summed E-state index contributed by atoms with van der Waals surface area (Å²) in [5, 5.41) is 0. The van der Waals surface area contributed by atoms with Crippen molar-refractivity contribution in [1.29, 1.82) is 0 Å². The highest BCUT2D eigenvalue weighted by atomic mass is 35.6. The smallest absolute Gasteiger partial charge is 0.252 e. The van der Waals surface area contributed by atoms with Crippen molar-refractivity contribution in [2.75, 3.05) is 13.1 Å². The molecular weight excluding hydrogens is 198 g/mol. The van der Waals surface area contributed by atoms with Crippen LogP contribution in [0.4, 0.5) is 0 Å². The molecule has 0 heterocycles. The highest BCUT2D eigenvalue weighted by Gasteiger charge is 2.32. The Labute approximate surface area is 88.6 Å². The third kappa shape index (κ3) is 3.84. The van der Waals surface area contributed by atoms with Gasteiger partial charge in [0.2, 0.25) is 0 Å². The average molecular weight is 220 g/mol. The van der Waals surface area contributed by atoms with E-state index in [1.54, 1.807) is 0 Å². The van der Waals surface area contributed by atoms with Crippen molar-refractivity contribution in [3.8, 4) is 0 Å². The molecule has 13 heavy (non-hydrogen) atoms. The quantitative estimate of drug-likeness (QED) is 0.468. The maximum Gasteiger partial charge on any atom is 0.252 e. The molecule has 0 aliphatic rings. The first-order valence-corrected chi connectivity index (χ1v) is 8.46. The van der Waals surface area contributed by atoms with Gasteiger partial charge in [-0.25, -0.2) is 0 Å². The summed E-state index contributed by atoms with van der Waals surface area (Å²) < 4.78 is 2.39. The topological polar surface area (TPSA) is 3.24 Å². The molecule has 0 aromatic carbocycles. The highest BCUT2D eigenvalue weighted by molar-refractivity contribution is 7.21. The van der Waals surface area contributed by atoms with E-state index >= 15 is 0 Å². The number of nitrogens with zero attached hydrogens (tertiary/aromatic N) is 1. The maximum absolute atomic E-state index is 6.62. The van der Waals surface area contributed by atoms with E-state index in [-0.39, 0.29) is 0 Å². The molecule has 3 heteroatoms. The van der Waals surface area contributed by atoms with Crippen LogP contribution >= 0.6 is 11.1 Å².